The molecule has 0 atom stereocenters. The molecule has 1 aromatic heterocycles. The standard InChI is InChI=1S/C20H19NO3.HI/c1-21-16(11-9-15-6-4-5-7-17(15)21)10-8-14-12-18(23-2)20(22)19(13-14)24-3;/h4-13H,1-3H3;1H. The van der Waals surface area contributed by atoms with E-state index in [1.165, 1.54) is 25.1 Å². The lowest BCUT2D eigenvalue weighted by atomic mass is 10.1. The molecule has 2 aromatic carbocycles. The van der Waals surface area contributed by atoms with Crippen LogP contribution < -0.4 is 38.0 Å². The van der Waals surface area contributed by atoms with Crippen LogP contribution in [-0.4, -0.2) is 19.3 Å². The molecule has 4 nitrogen and oxygen atoms in total. The Morgan fingerprint density at radius 1 is 0.920 bits per heavy atom. The molecule has 3 aromatic rings. The Bertz CT molecular complexity index is 897. The molecule has 130 valence electrons. The summed E-state index contributed by atoms with van der Waals surface area (Å²) in [5.74, 6) is 0.780. The second-order valence-electron chi connectivity index (χ2n) is 5.48. The molecule has 1 N–H and O–H groups in total. The van der Waals surface area contributed by atoms with Gasteiger partial charge in [-0.05, 0) is 35.9 Å². The minimum Gasteiger partial charge on any atom is -1.00 e. The normalized spacial score (nSPS) is 10.7. The maximum absolute atomic E-state index is 9.98. The highest BCUT2D eigenvalue weighted by molar-refractivity contribution is 5.77. The first-order valence-corrected chi connectivity index (χ1v) is 7.65. The third-order valence-corrected chi connectivity index (χ3v) is 4.07. The summed E-state index contributed by atoms with van der Waals surface area (Å²) in [7, 11) is 5.08. The molecule has 0 radical (unpaired) electrons. The maximum atomic E-state index is 9.98. The van der Waals surface area contributed by atoms with Crippen LogP contribution in [0.1, 0.15) is 11.3 Å². The highest BCUT2D eigenvalue weighted by Crippen LogP contribution is 2.37. The van der Waals surface area contributed by atoms with Gasteiger partial charge in [0.2, 0.25) is 17.0 Å². The smallest absolute Gasteiger partial charge is 0.212 e. The first-order valence-electron chi connectivity index (χ1n) is 7.65. The molecule has 0 aliphatic carbocycles. The number of ether oxygens (including phenoxy) is 2. The van der Waals surface area contributed by atoms with Gasteiger partial charge >= 0.3 is 0 Å². The van der Waals surface area contributed by atoms with Crippen molar-refractivity contribution in [3.05, 3.63) is 59.8 Å². The Hall–Kier alpha value is -2.28. The first kappa shape index (κ1) is 19.1. The lowest BCUT2D eigenvalue weighted by molar-refractivity contribution is -0.646. The monoisotopic (exact) mass is 449 g/mol. The minimum absolute atomic E-state index is 0. The van der Waals surface area contributed by atoms with Crippen molar-refractivity contribution >= 4 is 23.1 Å². The van der Waals surface area contributed by atoms with Gasteiger partial charge in [0.1, 0.15) is 7.05 Å². The van der Waals surface area contributed by atoms with Gasteiger partial charge < -0.3 is 38.6 Å². The predicted octanol–water partition coefficient (Wildman–Crippen LogP) is 0.561. The van der Waals surface area contributed by atoms with Crippen molar-refractivity contribution in [1.82, 2.24) is 0 Å². The van der Waals surface area contributed by atoms with E-state index in [0.29, 0.717) is 11.5 Å². The SMILES string of the molecule is COc1cc(/C=C/c2ccc3ccccc3[n+]2C)cc(OC)c1O.[I-]. The molecular formula is C20H20INO3. The van der Waals surface area contributed by atoms with Crippen molar-refractivity contribution < 1.29 is 43.1 Å². The lowest BCUT2D eigenvalue weighted by Crippen LogP contribution is -3.00. The van der Waals surface area contributed by atoms with Crippen LogP contribution in [0.5, 0.6) is 17.2 Å². The second-order valence-corrected chi connectivity index (χ2v) is 5.48. The van der Waals surface area contributed by atoms with Crippen molar-refractivity contribution in [2.75, 3.05) is 14.2 Å². The maximum Gasteiger partial charge on any atom is 0.212 e. The Kier molecular flexibility index (Phi) is 6.25. The summed E-state index contributed by atoms with van der Waals surface area (Å²) in [6.45, 7) is 0. The number of benzene rings is 2. The second kappa shape index (κ2) is 8.20. The third kappa shape index (κ3) is 3.87. The Morgan fingerprint density at radius 2 is 1.56 bits per heavy atom. The number of halogens is 1. The van der Waals surface area contributed by atoms with Gasteiger partial charge in [0.05, 0.1) is 14.2 Å². The Morgan fingerprint density at radius 3 is 2.20 bits per heavy atom. The van der Waals surface area contributed by atoms with Gasteiger partial charge in [0.15, 0.2) is 11.5 Å². The van der Waals surface area contributed by atoms with Crippen molar-refractivity contribution in [3.63, 3.8) is 0 Å². The predicted molar refractivity (Wildman–Crippen MR) is 95.3 cm³/mol. The number of phenols is 1. The number of hydrogen-bond donors (Lipinski definition) is 1. The summed E-state index contributed by atoms with van der Waals surface area (Å²) in [4.78, 5) is 0. The molecular weight excluding hydrogens is 429 g/mol. The summed E-state index contributed by atoms with van der Waals surface area (Å²) in [5, 5.41) is 11.2. The van der Waals surface area contributed by atoms with E-state index in [9.17, 15) is 5.11 Å². The number of fused-ring (bicyclic) bond motifs is 1. The Balaban J connectivity index is 0.00000225. The summed E-state index contributed by atoms with van der Waals surface area (Å²) in [6, 6.07) is 16.0. The van der Waals surface area contributed by atoms with E-state index in [2.05, 4.69) is 28.8 Å². The molecule has 1 heterocycles. The van der Waals surface area contributed by atoms with Crippen molar-refractivity contribution in [2.45, 2.75) is 0 Å². The fourth-order valence-electron chi connectivity index (χ4n) is 2.72. The van der Waals surface area contributed by atoms with Crippen LogP contribution in [0.15, 0.2) is 48.5 Å². The van der Waals surface area contributed by atoms with Gasteiger partial charge in [-0.1, -0.05) is 12.1 Å². The van der Waals surface area contributed by atoms with Gasteiger partial charge in [-0.15, -0.1) is 0 Å². The molecule has 0 fully saturated rings. The zero-order valence-corrected chi connectivity index (χ0v) is 16.5. The zero-order chi connectivity index (χ0) is 17.1. The van der Waals surface area contributed by atoms with E-state index in [1.807, 2.05) is 31.3 Å². The number of aryl methyl sites for hydroxylation is 1. The molecule has 0 saturated heterocycles. The van der Waals surface area contributed by atoms with E-state index in [1.54, 1.807) is 12.1 Å². The van der Waals surface area contributed by atoms with Crippen molar-refractivity contribution in [1.29, 1.82) is 0 Å². The van der Waals surface area contributed by atoms with E-state index in [0.717, 1.165) is 11.3 Å². The summed E-state index contributed by atoms with van der Waals surface area (Å²) >= 11 is 0. The van der Waals surface area contributed by atoms with Crippen LogP contribution in [0.3, 0.4) is 0 Å². The summed E-state index contributed by atoms with van der Waals surface area (Å²) < 4.78 is 12.5. The lowest BCUT2D eigenvalue weighted by Gasteiger charge is -2.09. The zero-order valence-electron chi connectivity index (χ0n) is 14.4. The average Bonchev–Trinajstić information content (AvgIpc) is 2.62. The number of rotatable bonds is 4. The topological polar surface area (TPSA) is 42.6 Å². The van der Waals surface area contributed by atoms with E-state index < -0.39 is 0 Å². The highest BCUT2D eigenvalue weighted by atomic mass is 127. The molecule has 0 unspecified atom stereocenters. The molecule has 0 aliphatic heterocycles. The Labute approximate surface area is 164 Å². The van der Waals surface area contributed by atoms with Gasteiger partial charge in [-0.2, -0.15) is 4.57 Å². The third-order valence-electron chi connectivity index (χ3n) is 4.07. The molecule has 0 bridgehead atoms. The van der Waals surface area contributed by atoms with E-state index in [4.69, 9.17) is 9.47 Å². The molecule has 0 saturated carbocycles. The number of aromatic hydroxyl groups is 1. The van der Waals surface area contributed by atoms with E-state index >= 15 is 0 Å². The fraction of sp³-hybridized carbons (Fsp3) is 0.150. The number of hydrogen-bond acceptors (Lipinski definition) is 3. The van der Waals surface area contributed by atoms with Gasteiger partial charge in [-0.3, -0.25) is 0 Å². The highest BCUT2D eigenvalue weighted by Gasteiger charge is 2.11. The molecule has 25 heavy (non-hydrogen) atoms. The molecule has 0 spiro atoms. The van der Waals surface area contributed by atoms with Crippen LogP contribution >= 0.6 is 0 Å². The van der Waals surface area contributed by atoms with Crippen LogP contribution in [0.2, 0.25) is 0 Å². The molecule has 5 heteroatoms. The van der Waals surface area contributed by atoms with Gasteiger partial charge in [0, 0.05) is 23.6 Å². The first-order chi connectivity index (χ1) is 11.6. The number of methoxy groups -OCH3 is 2. The summed E-state index contributed by atoms with van der Waals surface area (Å²) in [5.41, 5.74) is 3.12. The van der Waals surface area contributed by atoms with Gasteiger partial charge in [-0.25, -0.2) is 0 Å². The van der Waals surface area contributed by atoms with Crippen LogP contribution in [0, 0.1) is 0 Å². The quantitative estimate of drug-likeness (QED) is 0.468. The van der Waals surface area contributed by atoms with Gasteiger partial charge in [0.25, 0.3) is 0 Å². The van der Waals surface area contributed by atoms with Crippen LogP contribution in [0.4, 0.5) is 0 Å². The minimum atomic E-state index is 0. The van der Waals surface area contributed by atoms with Crippen molar-refractivity contribution in [3.8, 4) is 17.2 Å². The number of aromatic nitrogens is 1. The number of pyridine rings is 1. The number of phenolic OH excluding ortho intramolecular Hbond substituents is 1. The molecule has 3 rings (SSSR count). The largest absolute Gasteiger partial charge is 1.00 e. The van der Waals surface area contributed by atoms with Crippen molar-refractivity contribution in [2.24, 2.45) is 7.05 Å². The average molecular weight is 449 g/mol. The fourth-order valence-corrected chi connectivity index (χ4v) is 2.72. The van der Waals surface area contributed by atoms with E-state index in [-0.39, 0.29) is 29.7 Å². The number of nitrogens with zero attached hydrogens (tertiary/aromatic N) is 1. The van der Waals surface area contributed by atoms with Crippen LogP contribution in [-0.2, 0) is 7.05 Å². The molecule has 0 amide bonds. The van der Waals surface area contributed by atoms with Crippen LogP contribution in [0.25, 0.3) is 23.1 Å². The molecule has 0 aliphatic rings. The number of para-hydroxylation sites is 1. The summed E-state index contributed by atoms with van der Waals surface area (Å²) in [6.07, 6.45) is 3.99.